The molecule has 2 fully saturated rings. The van der Waals surface area contributed by atoms with Gasteiger partial charge in [0.25, 0.3) is 11.8 Å². The van der Waals surface area contributed by atoms with Gasteiger partial charge in [0.2, 0.25) is 0 Å². The number of hydrogen-bond acceptors (Lipinski definition) is 4. The maximum atomic E-state index is 12.8. The van der Waals surface area contributed by atoms with E-state index < -0.39 is 11.6 Å². The molecule has 2 aliphatic rings. The van der Waals surface area contributed by atoms with E-state index in [1.807, 2.05) is 17.7 Å². The summed E-state index contributed by atoms with van der Waals surface area (Å²) in [6.07, 6.45) is 2.89. The van der Waals surface area contributed by atoms with Gasteiger partial charge < -0.3 is 14.8 Å². The summed E-state index contributed by atoms with van der Waals surface area (Å²) < 4.78 is 1.89. The summed E-state index contributed by atoms with van der Waals surface area (Å²) in [6, 6.07) is 4.89. The highest BCUT2D eigenvalue weighted by Gasteiger charge is 2.49. The minimum absolute atomic E-state index is 0.157. The van der Waals surface area contributed by atoms with E-state index in [4.69, 9.17) is 0 Å². The molecule has 3 heterocycles. The average molecular weight is 327 g/mol. The van der Waals surface area contributed by atoms with E-state index >= 15 is 0 Å². The van der Waals surface area contributed by atoms with Crippen LogP contribution < -0.4 is 10.6 Å². The van der Waals surface area contributed by atoms with Gasteiger partial charge in [-0.25, -0.2) is 9.78 Å². The number of nitrogens with one attached hydrogen (secondary N) is 2. The summed E-state index contributed by atoms with van der Waals surface area (Å²) >= 11 is 0. The number of fused-ring (bicyclic) bond motifs is 1. The van der Waals surface area contributed by atoms with E-state index in [0.717, 1.165) is 11.0 Å². The number of carbonyl (C=O) groups is 3. The number of aryl methyl sites for hydroxylation is 1. The van der Waals surface area contributed by atoms with E-state index in [1.165, 1.54) is 0 Å². The maximum Gasteiger partial charge on any atom is 0.322 e. The van der Waals surface area contributed by atoms with Crippen LogP contribution in [-0.4, -0.2) is 50.9 Å². The standard InChI is InChI=1S/C16H17N5O3/c1-20-9-17-11-7-10(3-4-12(11)20)13(22)21-6-2-5-16(8-21)14(23)18-15(24)19-16/h3-4,7,9H,2,5-6,8H2,1H3,(H2,18,19,23,24). The van der Waals surface area contributed by atoms with Gasteiger partial charge in [-0.05, 0) is 31.0 Å². The third kappa shape index (κ3) is 2.14. The molecular weight excluding hydrogens is 310 g/mol. The Balaban J connectivity index is 1.61. The largest absolute Gasteiger partial charge is 0.336 e. The second-order valence-electron chi connectivity index (χ2n) is 6.38. The summed E-state index contributed by atoms with van der Waals surface area (Å²) in [5, 5.41) is 4.94. The van der Waals surface area contributed by atoms with Gasteiger partial charge in [0, 0.05) is 19.2 Å². The SMILES string of the molecule is Cn1cnc2cc(C(=O)N3CCCC4(C3)NC(=O)NC4=O)ccc21. The number of piperidine rings is 1. The summed E-state index contributed by atoms with van der Waals surface area (Å²) in [5.41, 5.74) is 1.23. The van der Waals surface area contributed by atoms with Crippen molar-refractivity contribution < 1.29 is 14.4 Å². The van der Waals surface area contributed by atoms with Crippen LogP contribution in [0.2, 0.25) is 0 Å². The van der Waals surface area contributed by atoms with Crippen LogP contribution in [-0.2, 0) is 11.8 Å². The first-order valence-electron chi connectivity index (χ1n) is 7.82. The number of likely N-dealkylation sites (tertiary alicyclic amines) is 1. The first kappa shape index (κ1) is 14.7. The molecule has 1 unspecified atom stereocenters. The number of imidazole rings is 1. The molecule has 2 aromatic rings. The van der Waals surface area contributed by atoms with Gasteiger partial charge in [-0.15, -0.1) is 0 Å². The smallest absolute Gasteiger partial charge is 0.322 e. The van der Waals surface area contributed by atoms with Crippen LogP contribution in [0.3, 0.4) is 0 Å². The molecule has 2 saturated heterocycles. The van der Waals surface area contributed by atoms with Crippen LogP contribution in [0.15, 0.2) is 24.5 Å². The molecule has 24 heavy (non-hydrogen) atoms. The number of carbonyl (C=O) groups excluding carboxylic acids is 3. The molecule has 8 heteroatoms. The highest BCUT2D eigenvalue weighted by Crippen LogP contribution is 2.26. The molecule has 1 aromatic carbocycles. The minimum atomic E-state index is -1.000. The summed E-state index contributed by atoms with van der Waals surface area (Å²) in [7, 11) is 1.90. The number of nitrogens with zero attached hydrogens (tertiary/aromatic N) is 3. The van der Waals surface area contributed by atoms with Crippen molar-refractivity contribution in [3.05, 3.63) is 30.1 Å². The fraction of sp³-hybridized carbons (Fsp3) is 0.375. The van der Waals surface area contributed by atoms with E-state index in [1.54, 1.807) is 23.4 Å². The molecule has 2 aliphatic heterocycles. The van der Waals surface area contributed by atoms with E-state index in [0.29, 0.717) is 24.9 Å². The molecular formula is C16H17N5O3. The third-order valence-corrected chi connectivity index (χ3v) is 4.77. The Bertz CT molecular complexity index is 874. The second kappa shape index (κ2) is 5.05. The van der Waals surface area contributed by atoms with Crippen LogP contribution >= 0.6 is 0 Å². The Hall–Kier alpha value is -2.90. The van der Waals surface area contributed by atoms with Gasteiger partial charge >= 0.3 is 6.03 Å². The lowest BCUT2D eigenvalue weighted by Crippen LogP contribution is -2.59. The van der Waals surface area contributed by atoms with Crippen molar-refractivity contribution in [2.45, 2.75) is 18.4 Å². The lowest BCUT2D eigenvalue weighted by Gasteiger charge is -2.38. The zero-order valence-electron chi connectivity index (χ0n) is 13.2. The Morgan fingerprint density at radius 3 is 2.92 bits per heavy atom. The fourth-order valence-electron chi connectivity index (χ4n) is 3.50. The van der Waals surface area contributed by atoms with Crippen molar-refractivity contribution in [2.75, 3.05) is 13.1 Å². The predicted molar refractivity (Wildman–Crippen MR) is 85.3 cm³/mol. The van der Waals surface area contributed by atoms with Crippen molar-refractivity contribution >= 4 is 28.9 Å². The molecule has 1 aromatic heterocycles. The maximum absolute atomic E-state index is 12.8. The monoisotopic (exact) mass is 327 g/mol. The molecule has 4 amide bonds. The van der Waals surface area contributed by atoms with Crippen LogP contribution in [0.1, 0.15) is 23.2 Å². The van der Waals surface area contributed by atoms with Crippen LogP contribution in [0.25, 0.3) is 11.0 Å². The summed E-state index contributed by atoms with van der Waals surface area (Å²) in [6.45, 7) is 0.744. The molecule has 1 atom stereocenters. The Morgan fingerprint density at radius 1 is 1.33 bits per heavy atom. The lowest BCUT2D eigenvalue weighted by molar-refractivity contribution is -0.125. The fourth-order valence-corrected chi connectivity index (χ4v) is 3.50. The van der Waals surface area contributed by atoms with Gasteiger partial charge in [0.1, 0.15) is 5.54 Å². The summed E-state index contributed by atoms with van der Waals surface area (Å²) in [5.74, 6) is -0.513. The van der Waals surface area contributed by atoms with Crippen molar-refractivity contribution in [2.24, 2.45) is 7.05 Å². The van der Waals surface area contributed by atoms with Crippen molar-refractivity contribution in [1.82, 2.24) is 25.1 Å². The number of benzene rings is 1. The van der Waals surface area contributed by atoms with Crippen LogP contribution in [0.4, 0.5) is 4.79 Å². The lowest BCUT2D eigenvalue weighted by atomic mass is 9.89. The number of hydrogen-bond donors (Lipinski definition) is 2. The summed E-state index contributed by atoms with van der Waals surface area (Å²) in [4.78, 5) is 42.3. The zero-order chi connectivity index (χ0) is 16.9. The first-order valence-corrected chi connectivity index (χ1v) is 7.82. The Morgan fingerprint density at radius 2 is 2.17 bits per heavy atom. The molecule has 0 saturated carbocycles. The molecule has 4 rings (SSSR count). The highest BCUT2D eigenvalue weighted by atomic mass is 16.2. The number of aromatic nitrogens is 2. The van der Waals surface area contributed by atoms with Gasteiger partial charge in [0.05, 0.1) is 23.9 Å². The van der Waals surface area contributed by atoms with E-state index in [9.17, 15) is 14.4 Å². The van der Waals surface area contributed by atoms with E-state index in [-0.39, 0.29) is 18.4 Å². The van der Waals surface area contributed by atoms with Gasteiger partial charge in [-0.3, -0.25) is 14.9 Å². The van der Waals surface area contributed by atoms with Crippen molar-refractivity contribution in [3.63, 3.8) is 0 Å². The highest BCUT2D eigenvalue weighted by molar-refractivity contribution is 6.08. The van der Waals surface area contributed by atoms with E-state index in [2.05, 4.69) is 15.6 Å². The topological polar surface area (TPSA) is 96.3 Å². The van der Waals surface area contributed by atoms with Crippen LogP contribution in [0.5, 0.6) is 0 Å². The molecule has 8 nitrogen and oxygen atoms in total. The zero-order valence-corrected chi connectivity index (χ0v) is 13.2. The molecule has 0 aliphatic carbocycles. The minimum Gasteiger partial charge on any atom is -0.336 e. The molecule has 124 valence electrons. The predicted octanol–water partition coefficient (Wildman–Crippen LogP) is 0.388. The second-order valence-corrected chi connectivity index (χ2v) is 6.38. The number of amides is 4. The van der Waals surface area contributed by atoms with Gasteiger partial charge in [0.15, 0.2) is 0 Å². The third-order valence-electron chi connectivity index (χ3n) is 4.77. The van der Waals surface area contributed by atoms with Crippen molar-refractivity contribution in [3.8, 4) is 0 Å². The quantitative estimate of drug-likeness (QED) is 0.741. The number of urea groups is 1. The average Bonchev–Trinajstić information content (AvgIpc) is 3.06. The molecule has 2 N–H and O–H groups in total. The molecule has 1 spiro atoms. The normalized spacial score (nSPS) is 23.6. The number of imide groups is 1. The van der Waals surface area contributed by atoms with Crippen molar-refractivity contribution in [1.29, 1.82) is 0 Å². The Kier molecular flexibility index (Phi) is 3.09. The van der Waals surface area contributed by atoms with Gasteiger partial charge in [-0.1, -0.05) is 0 Å². The molecule has 0 radical (unpaired) electrons. The molecule has 0 bridgehead atoms. The van der Waals surface area contributed by atoms with Gasteiger partial charge in [-0.2, -0.15) is 0 Å². The van der Waals surface area contributed by atoms with Crippen LogP contribution in [0, 0.1) is 0 Å². The number of rotatable bonds is 1. The first-order chi connectivity index (χ1) is 11.5. The Labute approximate surface area is 137 Å².